The van der Waals surface area contributed by atoms with Crippen LogP contribution in [0.1, 0.15) is 6.42 Å². The molecule has 0 amide bonds. The number of hydrogen-bond acceptors (Lipinski definition) is 3. The number of primary sulfonamides is 1. The second-order valence-corrected chi connectivity index (χ2v) is 4.35. The van der Waals surface area contributed by atoms with Gasteiger partial charge in [0.15, 0.2) is 0 Å². The van der Waals surface area contributed by atoms with E-state index in [0.29, 0.717) is 0 Å². The normalized spacial score (nSPS) is 27.1. The van der Waals surface area contributed by atoms with Gasteiger partial charge in [0.25, 0.3) is 0 Å². The third-order valence-corrected chi connectivity index (χ3v) is 2.57. The van der Waals surface area contributed by atoms with E-state index in [1.165, 1.54) is 0 Å². The van der Waals surface area contributed by atoms with E-state index in [4.69, 9.17) is 5.14 Å². The van der Waals surface area contributed by atoms with Crippen molar-refractivity contribution in [1.82, 2.24) is 5.32 Å². The summed E-state index contributed by atoms with van der Waals surface area (Å²) < 4.78 is 21.1. The fourth-order valence-corrected chi connectivity index (χ4v) is 2.13. The minimum Gasteiger partial charge on any atom is -0.316 e. The summed E-state index contributed by atoms with van der Waals surface area (Å²) in [6, 6.07) is 0. The van der Waals surface area contributed by atoms with Crippen molar-refractivity contribution >= 4 is 10.0 Å². The second-order valence-electron chi connectivity index (χ2n) is 2.69. The smallest absolute Gasteiger partial charge is 0.209 e. The Balaban J connectivity index is 2.38. The molecule has 0 aromatic carbocycles. The van der Waals surface area contributed by atoms with Crippen LogP contribution < -0.4 is 10.5 Å². The van der Waals surface area contributed by atoms with Crippen LogP contribution in [0.4, 0.5) is 0 Å². The average Bonchev–Trinajstić information content (AvgIpc) is 2.12. The third-order valence-electron chi connectivity index (χ3n) is 1.63. The molecule has 0 aromatic rings. The van der Waals surface area contributed by atoms with Crippen LogP contribution in [0.15, 0.2) is 0 Å². The highest BCUT2D eigenvalue weighted by Crippen LogP contribution is 2.08. The molecule has 0 aromatic heterocycles. The standard InChI is InChI=1S/C5H12N2O2S/c6-10(8,9)4-5-1-2-7-3-5/h5,7H,1-4H2,(H2,6,8,9)/t5-/m1/s1. The van der Waals surface area contributed by atoms with Crippen LogP contribution in [0.5, 0.6) is 0 Å². The lowest BCUT2D eigenvalue weighted by Gasteiger charge is -2.03. The first kappa shape index (κ1) is 7.97. The van der Waals surface area contributed by atoms with Crippen molar-refractivity contribution < 1.29 is 8.42 Å². The zero-order valence-corrected chi connectivity index (χ0v) is 6.52. The molecule has 5 heteroatoms. The Bertz CT molecular complexity index is 194. The molecule has 0 unspecified atom stereocenters. The molecule has 4 nitrogen and oxygen atoms in total. The number of sulfonamides is 1. The monoisotopic (exact) mass is 164 g/mol. The Morgan fingerprint density at radius 3 is 2.70 bits per heavy atom. The Morgan fingerprint density at radius 2 is 2.30 bits per heavy atom. The second kappa shape index (κ2) is 2.86. The molecule has 1 aliphatic rings. The SMILES string of the molecule is NS(=O)(=O)C[C@@H]1CCNC1. The molecule has 0 spiro atoms. The van der Waals surface area contributed by atoms with Crippen LogP contribution in [-0.4, -0.2) is 27.3 Å². The van der Waals surface area contributed by atoms with Crippen LogP contribution in [0.2, 0.25) is 0 Å². The first-order valence-corrected chi connectivity index (χ1v) is 5.00. The van der Waals surface area contributed by atoms with Crippen LogP contribution in [0.25, 0.3) is 0 Å². The van der Waals surface area contributed by atoms with E-state index in [-0.39, 0.29) is 11.7 Å². The van der Waals surface area contributed by atoms with Crippen molar-refractivity contribution in [2.24, 2.45) is 11.1 Å². The van der Waals surface area contributed by atoms with Gasteiger partial charge >= 0.3 is 0 Å². The first-order valence-electron chi connectivity index (χ1n) is 3.29. The summed E-state index contributed by atoms with van der Waals surface area (Å²) >= 11 is 0. The van der Waals surface area contributed by atoms with Gasteiger partial charge in [0.2, 0.25) is 10.0 Å². The fraction of sp³-hybridized carbons (Fsp3) is 1.00. The number of hydrogen-bond donors (Lipinski definition) is 2. The molecular formula is C5H12N2O2S. The van der Waals surface area contributed by atoms with Crippen LogP contribution in [-0.2, 0) is 10.0 Å². The number of nitrogens with one attached hydrogen (secondary N) is 1. The highest BCUT2D eigenvalue weighted by molar-refractivity contribution is 7.89. The van der Waals surface area contributed by atoms with Gasteiger partial charge in [-0.05, 0) is 25.4 Å². The summed E-state index contributed by atoms with van der Waals surface area (Å²) in [6.07, 6.45) is 0.927. The summed E-state index contributed by atoms with van der Waals surface area (Å²) in [7, 11) is -3.25. The lowest BCUT2D eigenvalue weighted by atomic mass is 10.2. The van der Waals surface area contributed by atoms with Gasteiger partial charge in [-0.3, -0.25) is 0 Å². The Labute approximate surface area is 60.8 Å². The van der Waals surface area contributed by atoms with Crippen molar-refractivity contribution in [2.45, 2.75) is 6.42 Å². The van der Waals surface area contributed by atoms with Crippen molar-refractivity contribution in [3.8, 4) is 0 Å². The van der Waals surface area contributed by atoms with Gasteiger partial charge in [0, 0.05) is 0 Å². The molecule has 1 atom stereocenters. The molecule has 10 heavy (non-hydrogen) atoms. The summed E-state index contributed by atoms with van der Waals surface area (Å²) in [6.45, 7) is 1.70. The third kappa shape index (κ3) is 2.64. The van der Waals surface area contributed by atoms with E-state index in [1.807, 2.05) is 0 Å². The van der Waals surface area contributed by atoms with E-state index in [2.05, 4.69) is 5.32 Å². The maximum Gasteiger partial charge on any atom is 0.209 e. The van der Waals surface area contributed by atoms with Gasteiger partial charge in [0.05, 0.1) is 5.75 Å². The highest BCUT2D eigenvalue weighted by Gasteiger charge is 2.19. The molecule has 0 bridgehead atoms. The predicted molar refractivity (Wildman–Crippen MR) is 39.0 cm³/mol. The van der Waals surface area contributed by atoms with Crippen molar-refractivity contribution in [1.29, 1.82) is 0 Å². The molecule has 0 aliphatic carbocycles. The van der Waals surface area contributed by atoms with Gasteiger partial charge in [-0.1, -0.05) is 0 Å². The zero-order chi connectivity index (χ0) is 7.61. The molecule has 60 valence electrons. The molecule has 1 heterocycles. The minimum atomic E-state index is -3.25. The minimum absolute atomic E-state index is 0.125. The molecular weight excluding hydrogens is 152 g/mol. The van der Waals surface area contributed by atoms with E-state index in [1.54, 1.807) is 0 Å². The van der Waals surface area contributed by atoms with E-state index < -0.39 is 10.0 Å². The van der Waals surface area contributed by atoms with E-state index >= 15 is 0 Å². The summed E-state index contributed by atoms with van der Waals surface area (Å²) in [5, 5.41) is 7.93. The molecule has 1 aliphatic heterocycles. The van der Waals surface area contributed by atoms with Gasteiger partial charge in [-0.15, -0.1) is 0 Å². The molecule has 1 rings (SSSR count). The van der Waals surface area contributed by atoms with Gasteiger partial charge in [-0.2, -0.15) is 0 Å². The summed E-state index contributed by atoms with van der Waals surface area (Å²) in [5.74, 6) is 0.356. The summed E-state index contributed by atoms with van der Waals surface area (Å²) in [4.78, 5) is 0. The van der Waals surface area contributed by atoms with Crippen molar-refractivity contribution in [3.05, 3.63) is 0 Å². The Kier molecular flexibility index (Phi) is 2.28. The zero-order valence-electron chi connectivity index (χ0n) is 5.71. The van der Waals surface area contributed by atoms with Crippen molar-refractivity contribution in [2.75, 3.05) is 18.8 Å². The van der Waals surface area contributed by atoms with Gasteiger partial charge in [-0.25, -0.2) is 13.6 Å². The maximum absolute atomic E-state index is 10.5. The molecule has 1 saturated heterocycles. The average molecular weight is 164 g/mol. The Hall–Kier alpha value is -0.130. The van der Waals surface area contributed by atoms with Crippen LogP contribution >= 0.6 is 0 Å². The lowest BCUT2D eigenvalue weighted by molar-refractivity contribution is 0.572. The molecule has 3 N–H and O–H groups in total. The number of nitrogens with two attached hydrogens (primary N) is 1. The van der Waals surface area contributed by atoms with Gasteiger partial charge < -0.3 is 5.32 Å². The van der Waals surface area contributed by atoms with Crippen molar-refractivity contribution in [3.63, 3.8) is 0 Å². The first-order chi connectivity index (χ1) is 4.58. The molecule has 1 fully saturated rings. The quantitative estimate of drug-likeness (QED) is 0.543. The number of rotatable bonds is 2. The predicted octanol–water partition coefficient (Wildman–Crippen LogP) is -1.12. The topological polar surface area (TPSA) is 72.2 Å². The summed E-state index contributed by atoms with van der Waals surface area (Å²) in [5.41, 5.74) is 0. The maximum atomic E-state index is 10.5. The van der Waals surface area contributed by atoms with E-state index in [9.17, 15) is 8.42 Å². The molecule has 0 radical (unpaired) electrons. The molecule has 0 saturated carbocycles. The van der Waals surface area contributed by atoms with Crippen LogP contribution in [0, 0.1) is 5.92 Å². The fourth-order valence-electron chi connectivity index (χ4n) is 1.19. The highest BCUT2D eigenvalue weighted by atomic mass is 32.2. The van der Waals surface area contributed by atoms with Gasteiger partial charge in [0.1, 0.15) is 0 Å². The van der Waals surface area contributed by atoms with Crippen LogP contribution in [0.3, 0.4) is 0 Å². The lowest BCUT2D eigenvalue weighted by Crippen LogP contribution is -2.24. The largest absolute Gasteiger partial charge is 0.316 e. The Morgan fingerprint density at radius 1 is 1.60 bits per heavy atom. The van der Waals surface area contributed by atoms with E-state index in [0.717, 1.165) is 19.5 Å².